The number of hydrogen-bond acceptors (Lipinski definition) is 3. The van der Waals surface area contributed by atoms with Gasteiger partial charge in [0, 0.05) is 18.6 Å². The molecule has 0 aliphatic carbocycles. The summed E-state index contributed by atoms with van der Waals surface area (Å²) >= 11 is 0. The van der Waals surface area contributed by atoms with Gasteiger partial charge in [-0.05, 0) is 79.8 Å². The van der Waals surface area contributed by atoms with E-state index < -0.39 is 0 Å². The summed E-state index contributed by atoms with van der Waals surface area (Å²) in [5, 5.41) is 3.55. The standard InChI is InChI=1S/C17H34N2O/c1-13(2)19(12-14-8-7-9-18-11-14)15-10-16(3,4)20-17(15,5)6/h13-15,18H,7-12H2,1-6H3. The van der Waals surface area contributed by atoms with Crippen molar-refractivity contribution in [3.8, 4) is 0 Å². The van der Waals surface area contributed by atoms with Crippen LogP contribution >= 0.6 is 0 Å². The van der Waals surface area contributed by atoms with Crippen molar-refractivity contribution in [3.63, 3.8) is 0 Å². The average Bonchev–Trinajstić information content (AvgIpc) is 2.55. The van der Waals surface area contributed by atoms with Crippen LogP contribution in [0.1, 0.15) is 60.8 Å². The summed E-state index contributed by atoms with van der Waals surface area (Å²) in [6.45, 7) is 17.2. The number of nitrogens with zero attached hydrogens (tertiary/aromatic N) is 1. The summed E-state index contributed by atoms with van der Waals surface area (Å²) < 4.78 is 6.31. The maximum atomic E-state index is 6.31. The maximum Gasteiger partial charge on any atom is 0.0789 e. The summed E-state index contributed by atoms with van der Waals surface area (Å²) in [5.41, 5.74) is -0.0397. The molecule has 0 spiro atoms. The third-order valence-corrected chi connectivity index (χ3v) is 4.96. The van der Waals surface area contributed by atoms with Crippen LogP contribution in [-0.2, 0) is 4.74 Å². The molecule has 2 fully saturated rings. The molecule has 2 unspecified atom stereocenters. The van der Waals surface area contributed by atoms with Gasteiger partial charge in [-0.1, -0.05) is 0 Å². The van der Waals surface area contributed by atoms with E-state index in [1.807, 2.05) is 0 Å². The fourth-order valence-corrected chi connectivity index (χ4v) is 4.13. The molecule has 0 bridgehead atoms. The van der Waals surface area contributed by atoms with Gasteiger partial charge in [-0.15, -0.1) is 0 Å². The molecule has 0 aromatic carbocycles. The number of rotatable bonds is 4. The van der Waals surface area contributed by atoms with E-state index in [1.165, 1.54) is 32.5 Å². The lowest BCUT2D eigenvalue weighted by Crippen LogP contribution is -2.52. The zero-order chi connectivity index (χ0) is 15.0. The minimum absolute atomic E-state index is 0.00607. The van der Waals surface area contributed by atoms with Crippen LogP contribution in [-0.4, -0.2) is 47.8 Å². The topological polar surface area (TPSA) is 24.5 Å². The van der Waals surface area contributed by atoms with Gasteiger partial charge in [0.05, 0.1) is 11.2 Å². The fourth-order valence-electron chi connectivity index (χ4n) is 4.13. The zero-order valence-electron chi connectivity index (χ0n) is 14.3. The maximum absolute atomic E-state index is 6.31. The highest BCUT2D eigenvalue weighted by Crippen LogP contribution is 2.41. The highest BCUT2D eigenvalue weighted by atomic mass is 16.5. The molecule has 0 aromatic heterocycles. The molecular formula is C17H34N2O. The summed E-state index contributed by atoms with van der Waals surface area (Å²) in [6.07, 6.45) is 3.83. The molecule has 2 aliphatic rings. The lowest BCUT2D eigenvalue weighted by Gasteiger charge is -2.41. The molecule has 0 amide bonds. The van der Waals surface area contributed by atoms with Crippen molar-refractivity contribution in [2.75, 3.05) is 19.6 Å². The van der Waals surface area contributed by atoms with Crippen LogP contribution in [0.3, 0.4) is 0 Å². The quantitative estimate of drug-likeness (QED) is 0.858. The van der Waals surface area contributed by atoms with E-state index in [0.717, 1.165) is 12.3 Å². The lowest BCUT2D eigenvalue weighted by molar-refractivity contribution is -0.0845. The van der Waals surface area contributed by atoms with Crippen molar-refractivity contribution in [2.45, 2.75) is 84.1 Å². The molecule has 0 saturated carbocycles. The molecule has 1 N–H and O–H groups in total. The Morgan fingerprint density at radius 3 is 2.40 bits per heavy atom. The van der Waals surface area contributed by atoms with Crippen molar-refractivity contribution >= 4 is 0 Å². The summed E-state index contributed by atoms with van der Waals surface area (Å²) in [5.74, 6) is 0.797. The van der Waals surface area contributed by atoms with E-state index >= 15 is 0 Å². The molecule has 2 saturated heterocycles. The molecular weight excluding hydrogens is 248 g/mol. The Balaban J connectivity index is 2.08. The summed E-state index contributed by atoms with van der Waals surface area (Å²) in [6, 6.07) is 1.11. The van der Waals surface area contributed by atoms with Crippen LogP contribution in [0.5, 0.6) is 0 Å². The molecule has 3 heteroatoms. The van der Waals surface area contributed by atoms with Gasteiger partial charge in [0.2, 0.25) is 0 Å². The SMILES string of the molecule is CC(C)N(CC1CCCNC1)C1CC(C)(C)OC1(C)C. The molecule has 0 aromatic rings. The minimum atomic E-state index is -0.0458. The molecule has 2 heterocycles. The third-order valence-electron chi connectivity index (χ3n) is 4.96. The van der Waals surface area contributed by atoms with Gasteiger partial charge in [-0.3, -0.25) is 4.90 Å². The molecule has 118 valence electrons. The van der Waals surface area contributed by atoms with Crippen molar-refractivity contribution in [1.82, 2.24) is 10.2 Å². The fraction of sp³-hybridized carbons (Fsp3) is 1.00. The van der Waals surface area contributed by atoms with E-state index in [9.17, 15) is 0 Å². The Bertz CT molecular complexity index is 319. The predicted molar refractivity (Wildman–Crippen MR) is 85.1 cm³/mol. The highest BCUT2D eigenvalue weighted by Gasteiger charge is 2.49. The second-order valence-electron chi connectivity index (χ2n) is 8.19. The molecule has 2 aliphatic heterocycles. The number of piperidine rings is 1. The number of ether oxygens (including phenoxy) is 1. The van der Waals surface area contributed by atoms with Crippen molar-refractivity contribution in [3.05, 3.63) is 0 Å². The van der Waals surface area contributed by atoms with Crippen LogP contribution in [0.2, 0.25) is 0 Å². The molecule has 3 nitrogen and oxygen atoms in total. The van der Waals surface area contributed by atoms with Crippen molar-refractivity contribution < 1.29 is 4.74 Å². The molecule has 2 atom stereocenters. The van der Waals surface area contributed by atoms with Gasteiger partial charge in [-0.25, -0.2) is 0 Å². The Morgan fingerprint density at radius 2 is 1.95 bits per heavy atom. The minimum Gasteiger partial charge on any atom is -0.368 e. The van der Waals surface area contributed by atoms with Gasteiger partial charge in [0.1, 0.15) is 0 Å². The zero-order valence-corrected chi connectivity index (χ0v) is 14.3. The third kappa shape index (κ3) is 3.75. The second kappa shape index (κ2) is 5.94. The largest absolute Gasteiger partial charge is 0.368 e. The van der Waals surface area contributed by atoms with Gasteiger partial charge in [0.15, 0.2) is 0 Å². The Morgan fingerprint density at radius 1 is 1.25 bits per heavy atom. The number of nitrogens with one attached hydrogen (secondary N) is 1. The van der Waals surface area contributed by atoms with Crippen LogP contribution in [0, 0.1) is 5.92 Å². The second-order valence-corrected chi connectivity index (χ2v) is 8.19. The summed E-state index contributed by atoms with van der Waals surface area (Å²) in [4.78, 5) is 2.70. The van der Waals surface area contributed by atoms with Gasteiger partial charge >= 0.3 is 0 Å². The first-order valence-corrected chi connectivity index (χ1v) is 8.38. The monoisotopic (exact) mass is 282 g/mol. The van der Waals surface area contributed by atoms with Crippen LogP contribution in [0.4, 0.5) is 0 Å². The van der Waals surface area contributed by atoms with Crippen molar-refractivity contribution in [1.29, 1.82) is 0 Å². The van der Waals surface area contributed by atoms with E-state index in [1.54, 1.807) is 0 Å². The molecule has 20 heavy (non-hydrogen) atoms. The Kier molecular flexibility index (Phi) is 4.83. The smallest absolute Gasteiger partial charge is 0.0789 e. The normalized spacial score (nSPS) is 33.0. The lowest BCUT2D eigenvalue weighted by atomic mass is 9.90. The van der Waals surface area contributed by atoms with Crippen LogP contribution in [0.25, 0.3) is 0 Å². The van der Waals surface area contributed by atoms with E-state index in [4.69, 9.17) is 4.74 Å². The van der Waals surface area contributed by atoms with Crippen molar-refractivity contribution in [2.24, 2.45) is 5.92 Å². The Labute approximate surface area is 125 Å². The molecule has 0 radical (unpaired) electrons. The molecule has 2 rings (SSSR count). The number of hydrogen-bond donors (Lipinski definition) is 1. The van der Waals surface area contributed by atoms with Gasteiger partial charge in [0.25, 0.3) is 0 Å². The van der Waals surface area contributed by atoms with Crippen LogP contribution in [0.15, 0.2) is 0 Å². The van der Waals surface area contributed by atoms with E-state index in [-0.39, 0.29) is 11.2 Å². The van der Waals surface area contributed by atoms with E-state index in [0.29, 0.717) is 12.1 Å². The Hall–Kier alpha value is -0.120. The van der Waals surface area contributed by atoms with Gasteiger partial charge < -0.3 is 10.1 Å². The van der Waals surface area contributed by atoms with E-state index in [2.05, 4.69) is 51.8 Å². The summed E-state index contributed by atoms with van der Waals surface area (Å²) in [7, 11) is 0. The van der Waals surface area contributed by atoms with Crippen LogP contribution < -0.4 is 5.32 Å². The predicted octanol–water partition coefficient (Wildman–Crippen LogP) is 3.04. The first-order valence-electron chi connectivity index (χ1n) is 8.38. The first kappa shape index (κ1) is 16.3. The van der Waals surface area contributed by atoms with Gasteiger partial charge in [-0.2, -0.15) is 0 Å². The highest BCUT2D eigenvalue weighted by molar-refractivity contribution is 5.01. The average molecular weight is 282 g/mol. The first-order chi connectivity index (χ1) is 9.21.